The summed E-state index contributed by atoms with van der Waals surface area (Å²) < 4.78 is 20.1. The predicted molar refractivity (Wildman–Crippen MR) is 78.0 cm³/mol. The largest absolute Gasteiger partial charge is 0.472 e. The Labute approximate surface area is 123 Å². The van der Waals surface area contributed by atoms with E-state index >= 15 is 0 Å². The second-order valence-electron chi connectivity index (χ2n) is 4.22. The van der Waals surface area contributed by atoms with E-state index in [-0.39, 0.29) is 12.4 Å². The minimum atomic E-state index is -0.285. The molecule has 0 bridgehead atoms. The van der Waals surface area contributed by atoms with Crippen LogP contribution in [0, 0.1) is 5.82 Å². The van der Waals surface area contributed by atoms with Gasteiger partial charge in [-0.3, -0.25) is 0 Å². The summed E-state index contributed by atoms with van der Waals surface area (Å²) in [7, 11) is 0. The standard InChI is InChI=1S/C15H10BrFN2O/c16-11-5-6-14-12(7-11)15(19-9-18-14)20-8-10-3-1-2-4-13(10)17/h1-7,9H,8H2. The van der Waals surface area contributed by atoms with E-state index in [2.05, 4.69) is 25.9 Å². The molecule has 0 spiro atoms. The van der Waals surface area contributed by atoms with Gasteiger partial charge < -0.3 is 4.74 Å². The molecule has 3 aromatic rings. The van der Waals surface area contributed by atoms with Gasteiger partial charge in [-0.25, -0.2) is 14.4 Å². The number of rotatable bonds is 3. The van der Waals surface area contributed by atoms with Crippen molar-refractivity contribution in [1.29, 1.82) is 0 Å². The van der Waals surface area contributed by atoms with Gasteiger partial charge >= 0.3 is 0 Å². The normalized spacial score (nSPS) is 10.7. The quantitative estimate of drug-likeness (QED) is 0.723. The molecule has 2 aromatic carbocycles. The van der Waals surface area contributed by atoms with Crippen LogP contribution in [0.15, 0.2) is 53.3 Å². The molecule has 0 saturated carbocycles. The molecule has 0 unspecified atom stereocenters. The highest BCUT2D eigenvalue weighted by Gasteiger charge is 2.07. The van der Waals surface area contributed by atoms with Crippen molar-refractivity contribution in [3.8, 4) is 5.88 Å². The number of ether oxygens (including phenoxy) is 1. The van der Waals surface area contributed by atoms with Crippen molar-refractivity contribution in [2.24, 2.45) is 0 Å². The van der Waals surface area contributed by atoms with Gasteiger partial charge in [0, 0.05) is 10.0 Å². The molecule has 5 heteroatoms. The third-order valence-electron chi connectivity index (χ3n) is 2.88. The number of nitrogens with zero attached hydrogens (tertiary/aromatic N) is 2. The molecule has 0 aliphatic carbocycles. The lowest BCUT2D eigenvalue weighted by Crippen LogP contribution is -2.00. The van der Waals surface area contributed by atoms with Gasteiger partial charge in [0.2, 0.25) is 5.88 Å². The van der Waals surface area contributed by atoms with Gasteiger partial charge in [-0.15, -0.1) is 0 Å². The third kappa shape index (κ3) is 2.63. The number of hydrogen-bond acceptors (Lipinski definition) is 3. The fourth-order valence-electron chi connectivity index (χ4n) is 1.88. The molecule has 0 saturated heterocycles. The molecule has 0 aliphatic rings. The van der Waals surface area contributed by atoms with Gasteiger partial charge in [0.05, 0.1) is 10.9 Å². The van der Waals surface area contributed by atoms with E-state index in [1.165, 1.54) is 12.4 Å². The molecule has 0 N–H and O–H groups in total. The van der Waals surface area contributed by atoms with E-state index in [0.717, 1.165) is 15.4 Å². The predicted octanol–water partition coefficient (Wildman–Crippen LogP) is 4.11. The van der Waals surface area contributed by atoms with Crippen molar-refractivity contribution >= 4 is 26.8 Å². The van der Waals surface area contributed by atoms with Crippen LogP contribution in [-0.4, -0.2) is 9.97 Å². The molecular formula is C15H10BrFN2O. The van der Waals surface area contributed by atoms with Crippen LogP contribution in [0.3, 0.4) is 0 Å². The maximum absolute atomic E-state index is 13.6. The molecule has 0 radical (unpaired) electrons. The molecule has 0 fully saturated rings. The van der Waals surface area contributed by atoms with Crippen LogP contribution in [0.25, 0.3) is 10.9 Å². The average molecular weight is 333 g/mol. The zero-order valence-electron chi connectivity index (χ0n) is 10.4. The topological polar surface area (TPSA) is 35.0 Å². The summed E-state index contributed by atoms with van der Waals surface area (Å²) in [5, 5.41) is 0.790. The number of aromatic nitrogens is 2. The summed E-state index contributed by atoms with van der Waals surface area (Å²) in [6, 6.07) is 12.2. The lowest BCUT2D eigenvalue weighted by molar-refractivity contribution is 0.291. The number of fused-ring (bicyclic) bond motifs is 1. The first kappa shape index (κ1) is 13.0. The molecule has 20 heavy (non-hydrogen) atoms. The summed E-state index contributed by atoms with van der Waals surface area (Å²) >= 11 is 3.40. The van der Waals surface area contributed by atoms with Gasteiger partial charge in [-0.2, -0.15) is 0 Å². The van der Waals surface area contributed by atoms with E-state index in [4.69, 9.17) is 4.74 Å². The summed E-state index contributed by atoms with van der Waals surface area (Å²) in [5.74, 6) is 0.159. The van der Waals surface area contributed by atoms with Crippen LogP contribution in [0.4, 0.5) is 4.39 Å². The molecular weight excluding hydrogens is 323 g/mol. The van der Waals surface area contributed by atoms with Gasteiger partial charge in [0.15, 0.2) is 0 Å². The van der Waals surface area contributed by atoms with E-state index in [1.807, 2.05) is 18.2 Å². The van der Waals surface area contributed by atoms with Gasteiger partial charge in [-0.05, 0) is 24.3 Å². The molecule has 0 amide bonds. The van der Waals surface area contributed by atoms with Gasteiger partial charge in [-0.1, -0.05) is 34.1 Å². The first-order chi connectivity index (χ1) is 9.74. The fourth-order valence-corrected chi connectivity index (χ4v) is 2.24. The highest BCUT2D eigenvalue weighted by Crippen LogP contribution is 2.25. The van der Waals surface area contributed by atoms with Crippen molar-refractivity contribution in [3.05, 3.63) is 64.6 Å². The van der Waals surface area contributed by atoms with Crippen molar-refractivity contribution in [1.82, 2.24) is 9.97 Å². The highest BCUT2D eigenvalue weighted by atomic mass is 79.9. The Morgan fingerprint density at radius 3 is 2.80 bits per heavy atom. The smallest absolute Gasteiger partial charge is 0.224 e. The second-order valence-corrected chi connectivity index (χ2v) is 5.14. The highest BCUT2D eigenvalue weighted by molar-refractivity contribution is 9.10. The first-order valence-electron chi connectivity index (χ1n) is 6.00. The number of halogens is 2. The maximum atomic E-state index is 13.6. The Morgan fingerprint density at radius 2 is 1.95 bits per heavy atom. The number of benzene rings is 2. The van der Waals surface area contributed by atoms with Crippen LogP contribution in [0.1, 0.15) is 5.56 Å². The minimum Gasteiger partial charge on any atom is -0.472 e. The maximum Gasteiger partial charge on any atom is 0.224 e. The molecule has 1 aromatic heterocycles. The van der Waals surface area contributed by atoms with E-state index in [1.54, 1.807) is 18.2 Å². The summed E-state index contributed by atoms with van der Waals surface area (Å²) in [6.45, 7) is 0.130. The van der Waals surface area contributed by atoms with E-state index in [9.17, 15) is 4.39 Å². The SMILES string of the molecule is Fc1ccccc1COc1ncnc2ccc(Br)cc12. The van der Waals surface area contributed by atoms with Crippen LogP contribution >= 0.6 is 15.9 Å². The summed E-state index contributed by atoms with van der Waals surface area (Å²) in [5.41, 5.74) is 1.28. The van der Waals surface area contributed by atoms with Crippen molar-refractivity contribution in [2.45, 2.75) is 6.61 Å². The Balaban J connectivity index is 1.91. The molecule has 3 rings (SSSR count). The number of hydrogen-bond donors (Lipinski definition) is 0. The van der Waals surface area contributed by atoms with Crippen molar-refractivity contribution < 1.29 is 9.13 Å². The van der Waals surface area contributed by atoms with Crippen LogP contribution in [0.5, 0.6) is 5.88 Å². The Hall–Kier alpha value is -2.01. The molecule has 100 valence electrons. The lowest BCUT2D eigenvalue weighted by Gasteiger charge is -2.08. The lowest BCUT2D eigenvalue weighted by atomic mass is 10.2. The Morgan fingerprint density at radius 1 is 1.10 bits per heavy atom. The average Bonchev–Trinajstić information content (AvgIpc) is 2.46. The first-order valence-corrected chi connectivity index (χ1v) is 6.80. The van der Waals surface area contributed by atoms with E-state index in [0.29, 0.717) is 11.4 Å². The van der Waals surface area contributed by atoms with Crippen LogP contribution < -0.4 is 4.74 Å². The van der Waals surface area contributed by atoms with Crippen molar-refractivity contribution in [3.63, 3.8) is 0 Å². The Bertz CT molecular complexity index is 764. The summed E-state index contributed by atoms with van der Waals surface area (Å²) in [4.78, 5) is 8.29. The Kier molecular flexibility index (Phi) is 3.60. The van der Waals surface area contributed by atoms with Crippen LogP contribution in [0.2, 0.25) is 0 Å². The fraction of sp³-hybridized carbons (Fsp3) is 0.0667. The zero-order chi connectivity index (χ0) is 13.9. The second kappa shape index (κ2) is 5.54. The molecule has 3 nitrogen and oxygen atoms in total. The van der Waals surface area contributed by atoms with Crippen molar-refractivity contribution in [2.75, 3.05) is 0 Å². The van der Waals surface area contributed by atoms with Gasteiger partial charge in [0.25, 0.3) is 0 Å². The summed E-state index contributed by atoms with van der Waals surface area (Å²) in [6.07, 6.45) is 1.44. The minimum absolute atomic E-state index is 0.130. The monoisotopic (exact) mass is 332 g/mol. The van der Waals surface area contributed by atoms with Crippen LogP contribution in [-0.2, 0) is 6.61 Å². The molecule has 0 atom stereocenters. The van der Waals surface area contributed by atoms with Gasteiger partial charge in [0.1, 0.15) is 18.8 Å². The van der Waals surface area contributed by atoms with E-state index < -0.39 is 0 Å². The zero-order valence-corrected chi connectivity index (χ0v) is 12.0. The molecule has 1 heterocycles. The third-order valence-corrected chi connectivity index (χ3v) is 3.38. The molecule has 0 aliphatic heterocycles.